The van der Waals surface area contributed by atoms with Gasteiger partial charge in [0.1, 0.15) is 0 Å². The number of cyclic esters (lactones) is 1. The number of aromatic nitrogens is 3. The number of pyridine rings is 1. The number of esters is 1. The fraction of sp³-hybridized carbons (Fsp3) is 0.524. The van der Waals surface area contributed by atoms with E-state index in [1.54, 1.807) is 18.7 Å². The van der Waals surface area contributed by atoms with Crippen LogP contribution >= 0.6 is 0 Å². The SMILES string of the molecule is O=C(O)CN(Cc1c[nH]cn1)C1CCCC[C@@H]1N1CC(=O)OC(c2ccccn2)C1. The maximum Gasteiger partial charge on any atom is 0.320 e. The summed E-state index contributed by atoms with van der Waals surface area (Å²) in [6, 6.07) is 5.70. The lowest BCUT2D eigenvalue weighted by Gasteiger charge is -2.46. The van der Waals surface area contributed by atoms with Gasteiger partial charge >= 0.3 is 11.9 Å². The molecule has 3 atom stereocenters. The zero-order chi connectivity index (χ0) is 20.9. The molecule has 0 radical (unpaired) electrons. The zero-order valence-corrected chi connectivity index (χ0v) is 16.8. The second kappa shape index (κ2) is 9.36. The van der Waals surface area contributed by atoms with E-state index < -0.39 is 12.1 Å². The number of carboxylic acids is 1. The van der Waals surface area contributed by atoms with Crippen LogP contribution in [0.3, 0.4) is 0 Å². The number of rotatable bonds is 7. The minimum Gasteiger partial charge on any atom is -0.480 e. The minimum atomic E-state index is -0.862. The van der Waals surface area contributed by atoms with E-state index in [4.69, 9.17) is 4.74 Å². The van der Waals surface area contributed by atoms with Gasteiger partial charge in [0.15, 0.2) is 6.10 Å². The number of hydrogen-bond acceptors (Lipinski definition) is 7. The second-order valence-electron chi connectivity index (χ2n) is 7.94. The molecular weight excluding hydrogens is 386 g/mol. The molecule has 1 aliphatic carbocycles. The van der Waals surface area contributed by atoms with Crippen molar-refractivity contribution in [2.75, 3.05) is 19.6 Å². The van der Waals surface area contributed by atoms with Crippen LogP contribution in [0.15, 0.2) is 36.9 Å². The molecule has 2 unspecified atom stereocenters. The van der Waals surface area contributed by atoms with Crippen LogP contribution in [-0.2, 0) is 20.9 Å². The molecule has 160 valence electrons. The van der Waals surface area contributed by atoms with Crippen LogP contribution in [0.2, 0.25) is 0 Å². The van der Waals surface area contributed by atoms with Crippen LogP contribution in [0, 0.1) is 0 Å². The molecule has 1 aliphatic heterocycles. The molecule has 2 aliphatic rings. The van der Waals surface area contributed by atoms with E-state index in [1.165, 1.54) is 0 Å². The van der Waals surface area contributed by atoms with Crippen LogP contribution in [0.1, 0.15) is 43.2 Å². The van der Waals surface area contributed by atoms with Crippen LogP contribution in [0.5, 0.6) is 0 Å². The molecule has 0 spiro atoms. The maximum atomic E-state index is 12.4. The van der Waals surface area contributed by atoms with Gasteiger partial charge in [-0.15, -0.1) is 0 Å². The highest BCUT2D eigenvalue weighted by molar-refractivity contribution is 5.73. The third-order valence-corrected chi connectivity index (χ3v) is 5.91. The lowest BCUT2D eigenvalue weighted by molar-refractivity contribution is -0.163. The molecule has 1 saturated heterocycles. The Balaban J connectivity index is 1.55. The van der Waals surface area contributed by atoms with E-state index in [-0.39, 0.29) is 31.1 Å². The molecule has 4 rings (SSSR count). The number of ether oxygens (including phenoxy) is 1. The molecule has 1 saturated carbocycles. The molecule has 0 aromatic carbocycles. The van der Waals surface area contributed by atoms with Crippen molar-refractivity contribution in [3.05, 3.63) is 48.3 Å². The molecule has 0 amide bonds. The summed E-state index contributed by atoms with van der Waals surface area (Å²) >= 11 is 0. The van der Waals surface area contributed by atoms with E-state index in [1.807, 2.05) is 23.1 Å². The fourth-order valence-electron chi connectivity index (χ4n) is 4.64. The first kappa shape index (κ1) is 20.5. The highest BCUT2D eigenvalue weighted by atomic mass is 16.5. The molecule has 3 heterocycles. The van der Waals surface area contributed by atoms with Gasteiger partial charge in [-0.25, -0.2) is 4.98 Å². The van der Waals surface area contributed by atoms with Crippen LogP contribution in [0.25, 0.3) is 0 Å². The number of aromatic amines is 1. The van der Waals surface area contributed by atoms with Gasteiger partial charge in [0, 0.05) is 37.6 Å². The van der Waals surface area contributed by atoms with Crippen molar-refractivity contribution in [2.45, 2.75) is 50.4 Å². The molecule has 9 heteroatoms. The smallest absolute Gasteiger partial charge is 0.320 e. The lowest BCUT2D eigenvalue weighted by atomic mass is 9.87. The largest absolute Gasteiger partial charge is 0.480 e. The second-order valence-corrected chi connectivity index (χ2v) is 7.94. The van der Waals surface area contributed by atoms with E-state index in [2.05, 4.69) is 19.9 Å². The number of H-pyrrole nitrogens is 1. The van der Waals surface area contributed by atoms with E-state index >= 15 is 0 Å². The Morgan fingerprint density at radius 3 is 2.90 bits per heavy atom. The van der Waals surface area contributed by atoms with Crippen molar-refractivity contribution in [3.63, 3.8) is 0 Å². The first-order valence-electron chi connectivity index (χ1n) is 10.4. The number of hydrogen-bond donors (Lipinski definition) is 2. The monoisotopic (exact) mass is 413 g/mol. The summed E-state index contributed by atoms with van der Waals surface area (Å²) in [7, 11) is 0. The summed E-state index contributed by atoms with van der Waals surface area (Å²) in [5.74, 6) is -1.13. The number of imidazole rings is 1. The Morgan fingerprint density at radius 1 is 1.30 bits per heavy atom. The molecule has 2 N–H and O–H groups in total. The van der Waals surface area contributed by atoms with Gasteiger partial charge in [-0.05, 0) is 25.0 Å². The van der Waals surface area contributed by atoms with Crippen molar-refractivity contribution in [1.29, 1.82) is 0 Å². The van der Waals surface area contributed by atoms with Crippen LogP contribution in [0.4, 0.5) is 0 Å². The van der Waals surface area contributed by atoms with Crippen LogP contribution in [-0.4, -0.2) is 73.5 Å². The highest BCUT2D eigenvalue weighted by Gasteiger charge is 2.39. The van der Waals surface area contributed by atoms with Gasteiger partial charge in [-0.2, -0.15) is 0 Å². The van der Waals surface area contributed by atoms with Crippen molar-refractivity contribution >= 4 is 11.9 Å². The predicted molar refractivity (Wildman–Crippen MR) is 107 cm³/mol. The van der Waals surface area contributed by atoms with Gasteiger partial charge in [0.05, 0.1) is 30.8 Å². The Labute approximate surface area is 175 Å². The summed E-state index contributed by atoms with van der Waals surface area (Å²) < 4.78 is 5.57. The Kier molecular flexibility index (Phi) is 6.39. The molecule has 30 heavy (non-hydrogen) atoms. The predicted octanol–water partition coefficient (Wildman–Crippen LogP) is 1.60. The third kappa shape index (κ3) is 4.85. The van der Waals surface area contributed by atoms with Crippen LogP contribution < -0.4 is 0 Å². The molecule has 2 aromatic heterocycles. The Morgan fingerprint density at radius 2 is 2.17 bits per heavy atom. The highest BCUT2D eigenvalue weighted by Crippen LogP contribution is 2.32. The summed E-state index contributed by atoms with van der Waals surface area (Å²) in [5, 5.41) is 9.51. The number of nitrogens with zero attached hydrogens (tertiary/aromatic N) is 4. The molecule has 2 aromatic rings. The fourth-order valence-corrected chi connectivity index (χ4v) is 4.64. The Bertz CT molecular complexity index is 844. The van der Waals surface area contributed by atoms with Crippen molar-refractivity contribution in [1.82, 2.24) is 24.8 Å². The average Bonchev–Trinajstić information content (AvgIpc) is 3.26. The standard InChI is InChI=1S/C21H27N5O4/c27-20(28)12-25(10-15-9-22-14-24-15)17-6-1-2-7-18(17)26-11-19(30-21(29)13-26)16-5-3-4-8-23-16/h3-5,8-9,14,17-19H,1-2,6-7,10-13H2,(H,22,24)(H,27,28)/t17?,18-,19?/m0/s1. The van der Waals surface area contributed by atoms with E-state index in [0.29, 0.717) is 13.1 Å². The first-order chi connectivity index (χ1) is 14.6. The zero-order valence-electron chi connectivity index (χ0n) is 16.8. The lowest BCUT2D eigenvalue weighted by Crippen LogP contribution is -2.57. The summed E-state index contributed by atoms with van der Waals surface area (Å²) in [6.45, 7) is 1.18. The third-order valence-electron chi connectivity index (χ3n) is 5.91. The summed E-state index contributed by atoms with van der Waals surface area (Å²) in [6.07, 6.45) is 8.60. The maximum absolute atomic E-state index is 12.4. The summed E-state index contributed by atoms with van der Waals surface area (Å²) in [4.78, 5) is 39.7. The van der Waals surface area contributed by atoms with Gasteiger partial charge in [0.25, 0.3) is 0 Å². The number of carbonyl (C=O) groups is 2. The van der Waals surface area contributed by atoms with E-state index in [0.717, 1.165) is 37.1 Å². The number of nitrogens with one attached hydrogen (secondary N) is 1. The molecule has 9 nitrogen and oxygen atoms in total. The topological polar surface area (TPSA) is 112 Å². The van der Waals surface area contributed by atoms with Crippen molar-refractivity contribution < 1.29 is 19.4 Å². The number of carbonyl (C=O) groups excluding carboxylic acids is 1. The van der Waals surface area contributed by atoms with Gasteiger partial charge in [-0.3, -0.25) is 24.4 Å². The van der Waals surface area contributed by atoms with Gasteiger partial charge in [0.2, 0.25) is 0 Å². The summed E-state index contributed by atoms with van der Waals surface area (Å²) in [5.41, 5.74) is 1.55. The number of morpholine rings is 1. The van der Waals surface area contributed by atoms with Crippen molar-refractivity contribution in [2.24, 2.45) is 0 Å². The molecule has 2 fully saturated rings. The number of carboxylic acid groups (broad SMARTS) is 1. The Hall–Kier alpha value is -2.78. The number of aliphatic carboxylic acids is 1. The minimum absolute atomic E-state index is 0.0295. The van der Waals surface area contributed by atoms with Gasteiger partial charge in [-0.1, -0.05) is 18.9 Å². The molecular formula is C21H27N5O4. The van der Waals surface area contributed by atoms with Gasteiger partial charge < -0.3 is 14.8 Å². The molecule has 0 bridgehead atoms. The quantitative estimate of drug-likeness (QED) is 0.659. The first-order valence-corrected chi connectivity index (χ1v) is 10.4. The average molecular weight is 413 g/mol. The normalized spacial score (nSPS) is 25.2. The van der Waals surface area contributed by atoms with Crippen molar-refractivity contribution in [3.8, 4) is 0 Å². The van der Waals surface area contributed by atoms with E-state index in [9.17, 15) is 14.7 Å².